The lowest BCUT2D eigenvalue weighted by molar-refractivity contribution is 0.0696. The molecule has 0 aliphatic heterocycles. The number of rotatable bonds is 8. The van der Waals surface area contributed by atoms with Crippen LogP contribution in [0.25, 0.3) is 0 Å². The van der Waals surface area contributed by atoms with Gasteiger partial charge in [0.25, 0.3) is 0 Å². The van der Waals surface area contributed by atoms with Crippen LogP contribution in [0.5, 0.6) is 0 Å². The Morgan fingerprint density at radius 3 is 2.62 bits per heavy atom. The number of aliphatic hydroxyl groups is 1. The summed E-state index contributed by atoms with van der Waals surface area (Å²) in [6, 6.07) is 2.46. The molecule has 0 aromatic heterocycles. The molecule has 0 radical (unpaired) electrons. The first-order valence-electron chi connectivity index (χ1n) is 6.01. The second-order valence-corrected chi connectivity index (χ2v) is 6.71. The van der Waals surface area contributed by atoms with Crippen LogP contribution < -0.4 is 4.72 Å². The van der Waals surface area contributed by atoms with Gasteiger partial charge in [-0.3, -0.25) is 0 Å². The van der Waals surface area contributed by atoms with Crippen LogP contribution in [0.1, 0.15) is 15.9 Å². The van der Waals surface area contributed by atoms with E-state index >= 15 is 0 Å². The van der Waals surface area contributed by atoms with Crippen LogP contribution in [-0.2, 0) is 14.8 Å². The van der Waals surface area contributed by atoms with Crippen molar-refractivity contribution in [1.82, 2.24) is 4.72 Å². The third-order valence-electron chi connectivity index (χ3n) is 2.61. The van der Waals surface area contributed by atoms with Crippen LogP contribution in [0.4, 0.5) is 0 Å². The molecular weight excluding hydrogens is 366 g/mol. The molecule has 7 nitrogen and oxygen atoms in total. The van der Waals surface area contributed by atoms with Crippen molar-refractivity contribution in [2.24, 2.45) is 0 Å². The van der Waals surface area contributed by atoms with Gasteiger partial charge in [-0.05, 0) is 24.6 Å². The molecule has 1 aromatic rings. The van der Waals surface area contributed by atoms with Crippen molar-refractivity contribution in [2.45, 2.75) is 11.8 Å². The Morgan fingerprint density at radius 1 is 1.38 bits per heavy atom. The molecule has 0 unspecified atom stereocenters. The van der Waals surface area contributed by atoms with Gasteiger partial charge in [-0.25, -0.2) is 17.9 Å². The zero-order chi connectivity index (χ0) is 16.0. The van der Waals surface area contributed by atoms with E-state index in [9.17, 15) is 13.2 Å². The summed E-state index contributed by atoms with van der Waals surface area (Å²) in [6.45, 7) is 1.70. The molecule has 1 aromatic carbocycles. The van der Waals surface area contributed by atoms with Gasteiger partial charge in [0.05, 0.1) is 30.3 Å². The predicted molar refractivity (Wildman–Crippen MR) is 78.9 cm³/mol. The van der Waals surface area contributed by atoms with Gasteiger partial charge in [-0.2, -0.15) is 0 Å². The van der Waals surface area contributed by atoms with Gasteiger partial charge in [-0.1, -0.05) is 15.9 Å². The van der Waals surface area contributed by atoms with Gasteiger partial charge in [-0.15, -0.1) is 0 Å². The molecule has 21 heavy (non-hydrogen) atoms. The zero-order valence-electron chi connectivity index (χ0n) is 11.3. The Balaban J connectivity index is 2.94. The molecule has 0 bridgehead atoms. The maximum absolute atomic E-state index is 12.2. The van der Waals surface area contributed by atoms with Crippen molar-refractivity contribution in [1.29, 1.82) is 0 Å². The average molecular weight is 382 g/mol. The predicted octanol–water partition coefficient (Wildman–Crippen LogP) is 0.743. The molecule has 0 fully saturated rings. The monoisotopic (exact) mass is 381 g/mol. The van der Waals surface area contributed by atoms with Crippen LogP contribution in [0.2, 0.25) is 0 Å². The lowest BCUT2D eigenvalue weighted by Gasteiger charge is -2.12. The fourth-order valence-electron chi connectivity index (χ4n) is 1.55. The van der Waals surface area contributed by atoms with Gasteiger partial charge < -0.3 is 14.9 Å². The van der Waals surface area contributed by atoms with E-state index in [1.54, 1.807) is 6.92 Å². The number of carboxylic acids is 1. The van der Waals surface area contributed by atoms with Crippen LogP contribution >= 0.6 is 15.9 Å². The summed E-state index contributed by atoms with van der Waals surface area (Å²) >= 11 is 3.15. The highest BCUT2D eigenvalue weighted by Crippen LogP contribution is 2.25. The van der Waals surface area contributed by atoms with Crippen molar-refractivity contribution in [3.8, 4) is 0 Å². The van der Waals surface area contributed by atoms with Gasteiger partial charge in [0, 0.05) is 11.0 Å². The van der Waals surface area contributed by atoms with Crippen LogP contribution in [-0.4, -0.2) is 51.0 Å². The highest BCUT2D eigenvalue weighted by molar-refractivity contribution is 9.10. The number of halogens is 1. The number of carboxylic acid groups (broad SMARTS) is 1. The third-order valence-corrected chi connectivity index (χ3v) is 5.02. The van der Waals surface area contributed by atoms with Crippen LogP contribution in [0.15, 0.2) is 21.5 Å². The molecule has 1 rings (SSSR count). The third kappa shape index (κ3) is 5.04. The lowest BCUT2D eigenvalue weighted by Crippen LogP contribution is -2.28. The van der Waals surface area contributed by atoms with E-state index in [0.29, 0.717) is 10.0 Å². The summed E-state index contributed by atoms with van der Waals surface area (Å²) in [5.74, 6) is -1.21. The van der Waals surface area contributed by atoms with Crippen LogP contribution in [0, 0.1) is 6.92 Å². The quantitative estimate of drug-likeness (QED) is 0.572. The number of ether oxygens (including phenoxy) is 1. The second kappa shape index (κ2) is 7.85. The molecule has 9 heteroatoms. The number of hydrogen-bond acceptors (Lipinski definition) is 5. The van der Waals surface area contributed by atoms with E-state index in [4.69, 9.17) is 14.9 Å². The maximum atomic E-state index is 12.2. The number of aromatic carboxylic acids is 1. The summed E-state index contributed by atoms with van der Waals surface area (Å²) in [4.78, 5) is 10.9. The van der Waals surface area contributed by atoms with Gasteiger partial charge >= 0.3 is 5.97 Å². The van der Waals surface area contributed by atoms with Gasteiger partial charge in [0.1, 0.15) is 0 Å². The molecule has 0 atom stereocenters. The molecule has 0 saturated heterocycles. The summed E-state index contributed by atoms with van der Waals surface area (Å²) in [5, 5.41) is 17.5. The zero-order valence-corrected chi connectivity index (χ0v) is 13.7. The fraction of sp³-hybridized carbons (Fsp3) is 0.417. The normalized spacial score (nSPS) is 11.6. The fourth-order valence-corrected chi connectivity index (χ4v) is 3.44. The number of nitrogens with one attached hydrogen (secondary N) is 1. The first-order chi connectivity index (χ1) is 9.79. The molecule has 3 N–H and O–H groups in total. The number of carbonyl (C=O) groups is 1. The molecule has 0 heterocycles. The topological polar surface area (TPSA) is 113 Å². The van der Waals surface area contributed by atoms with Crippen molar-refractivity contribution >= 4 is 31.9 Å². The molecule has 0 aliphatic rings. The number of sulfonamides is 1. The van der Waals surface area contributed by atoms with E-state index in [-0.39, 0.29) is 36.8 Å². The highest BCUT2D eigenvalue weighted by Gasteiger charge is 2.20. The van der Waals surface area contributed by atoms with Gasteiger partial charge in [0.15, 0.2) is 0 Å². The SMILES string of the molecule is Cc1c(Br)cc(C(=O)O)cc1S(=O)(=O)NCCOCCO. The van der Waals surface area contributed by atoms with Crippen molar-refractivity contribution < 1.29 is 28.2 Å². The van der Waals surface area contributed by atoms with E-state index in [1.807, 2.05) is 0 Å². The second-order valence-electron chi connectivity index (χ2n) is 4.12. The van der Waals surface area contributed by atoms with Gasteiger partial charge in [0.2, 0.25) is 10.0 Å². The minimum absolute atomic E-state index is 0.0245. The molecule has 118 valence electrons. The highest BCUT2D eigenvalue weighted by atomic mass is 79.9. The maximum Gasteiger partial charge on any atom is 0.335 e. The Morgan fingerprint density at radius 2 is 2.05 bits per heavy atom. The first-order valence-corrected chi connectivity index (χ1v) is 8.29. The Hall–Kier alpha value is -1.00. The molecule has 0 amide bonds. The summed E-state index contributed by atoms with van der Waals surface area (Å²) in [7, 11) is -3.84. The first kappa shape index (κ1) is 18.1. The minimum atomic E-state index is -3.84. The summed E-state index contributed by atoms with van der Waals surface area (Å²) < 4.78 is 32.0. The van der Waals surface area contributed by atoms with Crippen molar-refractivity contribution in [3.05, 3.63) is 27.7 Å². The number of hydrogen-bond donors (Lipinski definition) is 3. The molecule has 0 spiro atoms. The molecular formula is C12H16BrNO6S. The standard InChI is InChI=1S/C12H16BrNO6S/c1-8-10(13)6-9(12(16)17)7-11(8)21(18,19)14-2-4-20-5-3-15/h6-7,14-15H,2-5H2,1H3,(H,16,17). The van der Waals surface area contributed by atoms with E-state index in [0.717, 1.165) is 6.07 Å². The lowest BCUT2D eigenvalue weighted by atomic mass is 10.1. The minimum Gasteiger partial charge on any atom is -0.478 e. The van der Waals surface area contributed by atoms with Crippen LogP contribution in [0.3, 0.4) is 0 Å². The molecule has 0 aliphatic carbocycles. The van der Waals surface area contributed by atoms with E-state index in [2.05, 4.69) is 20.7 Å². The Labute approximate surface area is 131 Å². The average Bonchev–Trinajstić information content (AvgIpc) is 2.40. The van der Waals surface area contributed by atoms with Crippen molar-refractivity contribution in [3.63, 3.8) is 0 Å². The van der Waals surface area contributed by atoms with E-state index in [1.165, 1.54) is 6.07 Å². The smallest absolute Gasteiger partial charge is 0.335 e. The number of benzene rings is 1. The molecule has 0 saturated carbocycles. The van der Waals surface area contributed by atoms with Crippen molar-refractivity contribution in [2.75, 3.05) is 26.4 Å². The Kier molecular flexibility index (Phi) is 6.75. The van der Waals surface area contributed by atoms with E-state index < -0.39 is 16.0 Å². The Bertz CT molecular complexity index is 616. The summed E-state index contributed by atoms with van der Waals surface area (Å²) in [6.07, 6.45) is 0. The summed E-state index contributed by atoms with van der Waals surface area (Å²) in [5.41, 5.74) is 0.299. The number of aliphatic hydroxyl groups excluding tert-OH is 1. The largest absolute Gasteiger partial charge is 0.478 e.